The van der Waals surface area contributed by atoms with Gasteiger partial charge < -0.3 is 5.32 Å². The van der Waals surface area contributed by atoms with E-state index in [0.29, 0.717) is 23.0 Å². The molecule has 0 bridgehead atoms. The zero-order valence-electron chi connectivity index (χ0n) is 9.78. The Hall–Kier alpha value is -0.870. The van der Waals surface area contributed by atoms with E-state index in [-0.39, 0.29) is 0 Å². The van der Waals surface area contributed by atoms with Gasteiger partial charge in [0.2, 0.25) is 0 Å². The van der Waals surface area contributed by atoms with E-state index < -0.39 is 9.84 Å². The molecule has 2 heterocycles. The normalized spacial score (nSPS) is 23.5. The molecular formula is C13H17NO2S. The lowest BCUT2D eigenvalue weighted by Gasteiger charge is -2.24. The van der Waals surface area contributed by atoms with Crippen molar-refractivity contribution in [1.82, 2.24) is 5.32 Å². The number of sulfone groups is 1. The third-order valence-electron chi connectivity index (χ3n) is 3.86. The zero-order chi connectivity index (χ0) is 11.9. The smallest absolute Gasteiger partial charge is 0.179 e. The molecule has 1 aromatic carbocycles. The van der Waals surface area contributed by atoms with Gasteiger partial charge in [-0.15, -0.1) is 0 Å². The van der Waals surface area contributed by atoms with Crippen LogP contribution in [0.25, 0.3) is 0 Å². The van der Waals surface area contributed by atoms with E-state index in [2.05, 4.69) is 5.32 Å². The average Bonchev–Trinajstić information content (AvgIpc) is 2.67. The number of piperidine rings is 1. The van der Waals surface area contributed by atoms with Crippen LogP contribution in [0, 0.1) is 0 Å². The summed E-state index contributed by atoms with van der Waals surface area (Å²) in [7, 11) is -3.01. The molecular weight excluding hydrogens is 234 g/mol. The van der Waals surface area contributed by atoms with E-state index in [1.54, 1.807) is 0 Å². The molecule has 17 heavy (non-hydrogen) atoms. The number of fused-ring (bicyclic) bond motifs is 1. The Kier molecular flexibility index (Phi) is 2.71. The van der Waals surface area contributed by atoms with Gasteiger partial charge >= 0.3 is 0 Å². The van der Waals surface area contributed by atoms with Crippen LogP contribution in [0.4, 0.5) is 0 Å². The quantitative estimate of drug-likeness (QED) is 0.822. The predicted molar refractivity (Wildman–Crippen MR) is 67.0 cm³/mol. The zero-order valence-corrected chi connectivity index (χ0v) is 10.6. The second kappa shape index (κ2) is 4.10. The molecule has 0 saturated carbocycles. The Bertz CT molecular complexity index is 530. The predicted octanol–water partition coefficient (Wildman–Crippen LogP) is 1.48. The molecule has 0 atom stereocenters. The summed E-state index contributed by atoms with van der Waals surface area (Å²) in [6, 6.07) is 5.99. The van der Waals surface area contributed by atoms with E-state index in [1.165, 1.54) is 0 Å². The van der Waals surface area contributed by atoms with Crippen molar-refractivity contribution in [3.05, 3.63) is 29.3 Å². The van der Waals surface area contributed by atoms with Gasteiger partial charge in [-0.05, 0) is 49.4 Å². The highest BCUT2D eigenvalue weighted by Gasteiger charge is 2.31. The van der Waals surface area contributed by atoms with Crippen LogP contribution in [0.2, 0.25) is 0 Å². The number of hydrogen-bond donors (Lipinski definition) is 1. The molecule has 0 unspecified atom stereocenters. The molecule has 1 aromatic rings. The van der Waals surface area contributed by atoms with Crippen LogP contribution in [-0.4, -0.2) is 27.3 Å². The van der Waals surface area contributed by atoms with Gasteiger partial charge in [-0.1, -0.05) is 18.2 Å². The first kappa shape index (κ1) is 11.2. The van der Waals surface area contributed by atoms with Gasteiger partial charge in [0.25, 0.3) is 0 Å². The van der Waals surface area contributed by atoms with Gasteiger partial charge in [0.1, 0.15) is 0 Å². The summed E-state index contributed by atoms with van der Waals surface area (Å²) in [5.74, 6) is 0.712. The summed E-state index contributed by atoms with van der Waals surface area (Å²) in [5, 5.41) is 3.32. The second-order valence-corrected chi connectivity index (χ2v) is 6.97. The molecule has 0 amide bonds. The monoisotopic (exact) mass is 251 g/mol. The minimum Gasteiger partial charge on any atom is -0.317 e. The van der Waals surface area contributed by atoms with E-state index >= 15 is 0 Å². The molecule has 92 valence electrons. The number of hydrogen-bond acceptors (Lipinski definition) is 3. The number of aryl methyl sites for hydroxylation is 1. The molecule has 4 heteroatoms. The van der Waals surface area contributed by atoms with Crippen molar-refractivity contribution in [1.29, 1.82) is 0 Å². The van der Waals surface area contributed by atoms with Crippen molar-refractivity contribution in [2.75, 3.05) is 18.8 Å². The van der Waals surface area contributed by atoms with E-state index in [1.807, 2.05) is 18.2 Å². The summed E-state index contributed by atoms with van der Waals surface area (Å²) < 4.78 is 24.2. The summed E-state index contributed by atoms with van der Waals surface area (Å²) in [6.45, 7) is 1.99. The minimum absolute atomic E-state index is 0.296. The van der Waals surface area contributed by atoms with Crippen molar-refractivity contribution < 1.29 is 8.42 Å². The highest BCUT2D eigenvalue weighted by Crippen LogP contribution is 2.36. The van der Waals surface area contributed by atoms with Gasteiger partial charge in [0.05, 0.1) is 10.6 Å². The molecule has 2 aliphatic rings. The standard InChI is InChI=1S/C13H17NO2S/c15-17(16)9-6-11-2-1-3-12(13(11)17)10-4-7-14-8-5-10/h1-3,10,14H,4-9H2. The van der Waals surface area contributed by atoms with Gasteiger partial charge in [0, 0.05) is 0 Å². The molecule has 1 saturated heterocycles. The third-order valence-corrected chi connectivity index (χ3v) is 5.72. The fraction of sp³-hybridized carbons (Fsp3) is 0.538. The molecule has 0 aliphatic carbocycles. The maximum atomic E-state index is 12.1. The minimum atomic E-state index is -3.01. The molecule has 3 rings (SSSR count). The Morgan fingerprint density at radius 3 is 2.71 bits per heavy atom. The van der Waals surface area contributed by atoms with Crippen LogP contribution in [0.1, 0.15) is 29.9 Å². The van der Waals surface area contributed by atoms with Crippen LogP contribution in [-0.2, 0) is 16.3 Å². The largest absolute Gasteiger partial charge is 0.317 e. The lowest BCUT2D eigenvalue weighted by atomic mass is 9.89. The fourth-order valence-corrected chi connectivity index (χ4v) is 4.84. The van der Waals surface area contributed by atoms with Gasteiger partial charge in [-0.2, -0.15) is 0 Å². The molecule has 1 fully saturated rings. The lowest BCUT2D eigenvalue weighted by molar-refractivity contribution is 0.455. The van der Waals surface area contributed by atoms with Crippen LogP contribution in [0.5, 0.6) is 0 Å². The Balaban J connectivity index is 2.09. The lowest BCUT2D eigenvalue weighted by Crippen LogP contribution is -2.27. The van der Waals surface area contributed by atoms with E-state index in [9.17, 15) is 8.42 Å². The number of rotatable bonds is 1. The van der Waals surface area contributed by atoms with Crippen LogP contribution in [0.3, 0.4) is 0 Å². The van der Waals surface area contributed by atoms with Crippen LogP contribution in [0.15, 0.2) is 23.1 Å². The van der Waals surface area contributed by atoms with Crippen molar-refractivity contribution in [3.63, 3.8) is 0 Å². The Morgan fingerprint density at radius 1 is 1.18 bits per heavy atom. The van der Waals surface area contributed by atoms with Crippen molar-refractivity contribution in [2.45, 2.75) is 30.1 Å². The number of nitrogens with one attached hydrogen (secondary N) is 1. The summed E-state index contributed by atoms with van der Waals surface area (Å²) in [6.07, 6.45) is 2.79. The first-order valence-corrected chi connectivity index (χ1v) is 7.89. The highest BCUT2D eigenvalue weighted by atomic mass is 32.2. The van der Waals surface area contributed by atoms with Gasteiger partial charge in [0.15, 0.2) is 9.84 Å². The first-order valence-electron chi connectivity index (χ1n) is 6.24. The maximum absolute atomic E-state index is 12.1. The highest BCUT2D eigenvalue weighted by molar-refractivity contribution is 7.91. The van der Waals surface area contributed by atoms with E-state index in [4.69, 9.17) is 0 Å². The SMILES string of the molecule is O=S1(=O)CCc2cccc(C3CCNCC3)c21. The summed E-state index contributed by atoms with van der Waals surface area (Å²) in [5.41, 5.74) is 2.10. The Labute approximate surface area is 102 Å². The summed E-state index contributed by atoms with van der Waals surface area (Å²) >= 11 is 0. The van der Waals surface area contributed by atoms with Crippen molar-refractivity contribution in [2.24, 2.45) is 0 Å². The topological polar surface area (TPSA) is 46.2 Å². The van der Waals surface area contributed by atoms with Crippen LogP contribution < -0.4 is 5.32 Å². The molecule has 3 nitrogen and oxygen atoms in total. The van der Waals surface area contributed by atoms with Crippen molar-refractivity contribution >= 4 is 9.84 Å². The van der Waals surface area contributed by atoms with Gasteiger partial charge in [-0.25, -0.2) is 8.42 Å². The fourth-order valence-electron chi connectivity index (χ4n) is 2.98. The van der Waals surface area contributed by atoms with Crippen molar-refractivity contribution in [3.8, 4) is 0 Å². The summed E-state index contributed by atoms with van der Waals surface area (Å²) in [4.78, 5) is 0.659. The molecule has 0 aromatic heterocycles. The third kappa shape index (κ3) is 1.89. The molecule has 0 spiro atoms. The second-order valence-electron chi connectivity index (χ2n) is 4.93. The van der Waals surface area contributed by atoms with Gasteiger partial charge in [-0.3, -0.25) is 0 Å². The maximum Gasteiger partial charge on any atom is 0.179 e. The van der Waals surface area contributed by atoms with Crippen LogP contribution >= 0.6 is 0 Å². The molecule has 1 N–H and O–H groups in total. The average molecular weight is 251 g/mol. The first-order chi connectivity index (χ1) is 8.18. The van der Waals surface area contributed by atoms with E-state index in [0.717, 1.165) is 37.1 Å². The Morgan fingerprint density at radius 2 is 1.94 bits per heavy atom. The number of benzene rings is 1. The molecule has 2 aliphatic heterocycles. The molecule has 0 radical (unpaired) electrons.